The van der Waals surface area contributed by atoms with E-state index in [9.17, 15) is 19.2 Å². The van der Waals surface area contributed by atoms with Crippen LogP contribution < -0.4 is 15.5 Å². The predicted molar refractivity (Wildman–Crippen MR) is 166 cm³/mol. The molecule has 10 heteroatoms. The van der Waals surface area contributed by atoms with Gasteiger partial charge in [-0.1, -0.05) is 54.1 Å². The number of nitrogens with one attached hydrogen (secondary N) is 2. The van der Waals surface area contributed by atoms with Crippen molar-refractivity contribution in [3.8, 4) is 0 Å². The fraction of sp³-hybridized carbons (Fsp3) is 0.353. The lowest BCUT2D eigenvalue weighted by atomic mass is 10.1. The average Bonchev–Trinajstić information content (AvgIpc) is 3.97. The van der Waals surface area contributed by atoms with Crippen molar-refractivity contribution in [1.82, 2.24) is 15.5 Å². The van der Waals surface area contributed by atoms with E-state index in [0.717, 1.165) is 42.4 Å². The molecule has 3 aromatic rings. The van der Waals surface area contributed by atoms with E-state index >= 15 is 0 Å². The first-order valence-electron chi connectivity index (χ1n) is 15.1. The van der Waals surface area contributed by atoms with E-state index in [2.05, 4.69) is 10.6 Å². The minimum absolute atomic E-state index is 0.0760. The monoisotopic (exact) mass is 614 g/mol. The maximum Gasteiger partial charge on any atom is 0.338 e. The highest BCUT2D eigenvalue weighted by molar-refractivity contribution is 6.31. The summed E-state index contributed by atoms with van der Waals surface area (Å²) < 4.78 is 5.44. The zero-order chi connectivity index (χ0) is 30.6. The SMILES string of the molecule is O=C(OCc1ccc(N2C(=O)CNC[C@@H]2C(=O)N(Cc2cc(CNC(=O)C3CC3)ccc2Cl)C2CC2)cc1)c1ccccc1. The van der Waals surface area contributed by atoms with Crippen LogP contribution in [0.15, 0.2) is 72.8 Å². The van der Waals surface area contributed by atoms with Gasteiger partial charge in [0, 0.05) is 42.3 Å². The number of rotatable bonds is 11. The molecule has 0 aromatic heterocycles. The molecule has 3 aliphatic rings. The molecule has 44 heavy (non-hydrogen) atoms. The Bertz CT molecular complexity index is 1540. The summed E-state index contributed by atoms with van der Waals surface area (Å²) in [6.45, 7) is 1.27. The van der Waals surface area contributed by atoms with Gasteiger partial charge in [-0.3, -0.25) is 19.3 Å². The summed E-state index contributed by atoms with van der Waals surface area (Å²) in [5.74, 6) is -0.538. The van der Waals surface area contributed by atoms with Crippen molar-refractivity contribution in [3.05, 3.63) is 100 Å². The van der Waals surface area contributed by atoms with Gasteiger partial charge in [0.05, 0.1) is 12.1 Å². The number of esters is 1. The van der Waals surface area contributed by atoms with Crippen molar-refractivity contribution in [2.24, 2.45) is 5.92 Å². The molecule has 0 bridgehead atoms. The molecule has 3 fully saturated rings. The van der Waals surface area contributed by atoms with E-state index in [4.69, 9.17) is 16.3 Å². The Morgan fingerprint density at radius 1 is 0.955 bits per heavy atom. The maximum atomic E-state index is 14.1. The summed E-state index contributed by atoms with van der Waals surface area (Å²) in [5, 5.41) is 6.64. The number of carbonyl (C=O) groups is 4. The first kappa shape index (κ1) is 29.8. The standard InChI is InChI=1S/C34H35ClN4O5/c35-29-15-8-23(17-37-32(41)24-9-10-24)16-26(29)20-38(27-13-14-27)33(42)30-18-36-19-31(40)39(30)28-11-6-22(7-12-28)21-44-34(43)25-4-2-1-3-5-25/h1-8,11-12,15-16,24,27,30,36H,9-10,13-14,17-21H2,(H,37,41)/t30-/m1/s1. The Hall–Kier alpha value is -4.21. The summed E-state index contributed by atoms with van der Waals surface area (Å²) in [7, 11) is 0. The first-order valence-corrected chi connectivity index (χ1v) is 15.4. The third-order valence-electron chi connectivity index (χ3n) is 8.21. The van der Waals surface area contributed by atoms with Crippen LogP contribution in [0.4, 0.5) is 5.69 Å². The molecule has 3 amide bonds. The molecular weight excluding hydrogens is 580 g/mol. The van der Waals surface area contributed by atoms with Crippen LogP contribution in [0, 0.1) is 5.92 Å². The predicted octanol–water partition coefficient (Wildman–Crippen LogP) is 4.22. The lowest BCUT2D eigenvalue weighted by molar-refractivity contribution is -0.136. The van der Waals surface area contributed by atoms with Gasteiger partial charge >= 0.3 is 5.97 Å². The highest BCUT2D eigenvalue weighted by Gasteiger charge is 2.41. The fourth-order valence-electron chi connectivity index (χ4n) is 5.43. The summed E-state index contributed by atoms with van der Waals surface area (Å²) in [6.07, 6.45) is 3.68. The van der Waals surface area contributed by atoms with E-state index in [-0.39, 0.29) is 42.8 Å². The molecule has 0 spiro atoms. The smallest absolute Gasteiger partial charge is 0.338 e. The zero-order valence-corrected chi connectivity index (χ0v) is 25.1. The van der Waals surface area contributed by atoms with Crippen molar-refractivity contribution < 1.29 is 23.9 Å². The Morgan fingerprint density at radius 2 is 1.68 bits per heavy atom. The number of halogens is 1. The molecule has 1 heterocycles. The third kappa shape index (κ3) is 7.11. The molecule has 0 radical (unpaired) electrons. The highest BCUT2D eigenvalue weighted by atomic mass is 35.5. The summed E-state index contributed by atoms with van der Waals surface area (Å²) >= 11 is 6.59. The molecule has 2 aliphatic carbocycles. The van der Waals surface area contributed by atoms with Gasteiger partial charge in [-0.2, -0.15) is 0 Å². The second kappa shape index (κ2) is 13.2. The molecule has 1 atom stereocenters. The molecule has 3 aromatic carbocycles. The highest BCUT2D eigenvalue weighted by Crippen LogP contribution is 2.33. The Labute approximate surface area is 261 Å². The van der Waals surface area contributed by atoms with Gasteiger partial charge in [0.15, 0.2) is 0 Å². The van der Waals surface area contributed by atoms with Gasteiger partial charge < -0.3 is 20.3 Å². The number of benzene rings is 3. The van der Waals surface area contributed by atoms with Crippen LogP contribution in [0.25, 0.3) is 0 Å². The van der Waals surface area contributed by atoms with Crippen molar-refractivity contribution in [2.75, 3.05) is 18.0 Å². The zero-order valence-electron chi connectivity index (χ0n) is 24.3. The molecule has 228 valence electrons. The summed E-state index contributed by atoms with van der Waals surface area (Å²) in [6, 6.07) is 21.0. The van der Waals surface area contributed by atoms with Gasteiger partial charge in [-0.15, -0.1) is 0 Å². The number of ether oxygens (including phenoxy) is 1. The molecule has 6 rings (SSSR count). The quantitative estimate of drug-likeness (QED) is 0.313. The Morgan fingerprint density at radius 3 is 2.39 bits per heavy atom. The number of nitrogens with zero attached hydrogens (tertiary/aromatic N) is 2. The topological polar surface area (TPSA) is 108 Å². The van der Waals surface area contributed by atoms with Crippen LogP contribution in [0.5, 0.6) is 0 Å². The van der Waals surface area contributed by atoms with Crippen molar-refractivity contribution in [1.29, 1.82) is 0 Å². The van der Waals surface area contributed by atoms with Crippen LogP contribution in [0.2, 0.25) is 5.02 Å². The fourth-order valence-corrected chi connectivity index (χ4v) is 5.61. The summed E-state index contributed by atoms with van der Waals surface area (Å²) in [4.78, 5) is 55.2. The lowest BCUT2D eigenvalue weighted by Crippen LogP contribution is -2.61. The normalized spacial score (nSPS) is 18.1. The summed E-state index contributed by atoms with van der Waals surface area (Å²) in [5.41, 5.74) is 3.58. The largest absolute Gasteiger partial charge is 0.457 e. The van der Waals surface area contributed by atoms with Gasteiger partial charge in [0.1, 0.15) is 12.6 Å². The van der Waals surface area contributed by atoms with Gasteiger partial charge in [0.2, 0.25) is 17.7 Å². The molecule has 9 nitrogen and oxygen atoms in total. The van der Waals surface area contributed by atoms with E-state index in [1.165, 1.54) is 0 Å². The van der Waals surface area contributed by atoms with Crippen molar-refractivity contribution >= 4 is 41.0 Å². The molecular formula is C34H35ClN4O5. The van der Waals surface area contributed by atoms with Gasteiger partial charge in [0.25, 0.3) is 0 Å². The Balaban J connectivity index is 1.14. The Kier molecular flexibility index (Phi) is 8.95. The number of carbonyl (C=O) groups excluding carboxylic acids is 4. The number of piperazine rings is 1. The third-order valence-corrected chi connectivity index (χ3v) is 8.58. The second-order valence-corrected chi connectivity index (χ2v) is 12.0. The molecule has 2 N–H and O–H groups in total. The van der Waals surface area contributed by atoms with Crippen LogP contribution >= 0.6 is 11.6 Å². The second-order valence-electron chi connectivity index (χ2n) is 11.6. The van der Waals surface area contributed by atoms with Gasteiger partial charge in [-0.05, 0) is 72.7 Å². The molecule has 0 unspecified atom stereocenters. The van der Waals surface area contributed by atoms with E-state index in [1.54, 1.807) is 53.4 Å². The average molecular weight is 615 g/mol. The van der Waals surface area contributed by atoms with E-state index < -0.39 is 12.0 Å². The lowest BCUT2D eigenvalue weighted by Gasteiger charge is -2.38. The number of anilines is 1. The number of hydrogen-bond acceptors (Lipinski definition) is 6. The van der Waals surface area contributed by atoms with Crippen LogP contribution in [0.3, 0.4) is 0 Å². The number of hydrogen-bond donors (Lipinski definition) is 2. The van der Waals surface area contributed by atoms with E-state index in [0.29, 0.717) is 35.9 Å². The van der Waals surface area contributed by atoms with Crippen molar-refractivity contribution in [2.45, 2.75) is 57.5 Å². The van der Waals surface area contributed by atoms with Crippen molar-refractivity contribution in [3.63, 3.8) is 0 Å². The maximum absolute atomic E-state index is 14.1. The molecule has 2 saturated carbocycles. The van der Waals surface area contributed by atoms with E-state index in [1.807, 2.05) is 29.2 Å². The number of amides is 3. The van der Waals surface area contributed by atoms with Crippen LogP contribution in [0.1, 0.15) is 52.7 Å². The van der Waals surface area contributed by atoms with Crippen LogP contribution in [-0.4, -0.2) is 53.8 Å². The van der Waals surface area contributed by atoms with Gasteiger partial charge in [-0.25, -0.2) is 4.79 Å². The van der Waals surface area contributed by atoms with Crippen LogP contribution in [-0.2, 0) is 38.8 Å². The minimum Gasteiger partial charge on any atom is -0.457 e. The first-order chi connectivity index (χ1) is 21.4. The molecule has 1 saturated heterocycles. The molecule has 1 aliphatic heterocycles. The minimum atomic E-state index is -0.724.